The molecule has 1 saturated heterocycles. The Hall–Kier alpha value is -3.71. The van der Waals surface area contributed by atoms with Crippen LogP contribution in [-0.4, -0.2) is 29.0 Å². The van der Waals surface area contributed by atoms with Crippen molar-refractivity contribution in [3.05, 3.63) is 100 Å². The van der Waals surface area contributed by atoms with Crippen molar-refractivity contribution in [1.29, 1.82) is 0 Å². The van der Waals surface area contributed by atoms with Crippen LogP contribution in [0.1, 0.15) is 22.1 Å². The summed E-state index contributed by atoms with van der Waals surface area (Å²) in [5, 5.41) is 11.0. The summed E-state index contributed by atoms with van der Waals surface area (Å²) in [6.45, 7) is 0. The van der Waals surface area contributed by atoms with E-state index < -0.39 is 5.37 Å². The summed E-state index contributed by atoms with van der Waals surface area (Å²) in [5.74, 6) is 0.168. The lowest BCUT2D eigenvalue weighted by atomic mass is 10.1. The van der Waals surface area contributed by atoms with E-state index in [1.54, 1.807) is 37.5 Å². The van der Waals surface area contributed by atoms with Gasteiger partial charge in [-0.05, 0) is 35.4 Å². The molecule has 1 atom stereocenters. The maximum absolute atomic E-state index is 13.2. The monoisotopic (exact) mass is 446 g/mol. The first-order chi connectivity index (χ1) is 15.5. The molecule has 2 amide bonds. The number of thioether (sulfide) groups is 1. The van der Waals surface area contributed by atoms with Gasteiger partial charge in [0, 0.05) is 5.56 Å². The minimum atomic E-state index is -0.453. The van der Waals surface area contributed by atoms with Gasteiger partial charge in [0.25, 0.3) is 5.91 Å². The fraction of sp³-hybridized carbons (Fsp3) is 0.120. The molecule has 1 unspecified atom stereocenters. The largest absolute Gasteiger partial charge is 0.507 e. The van der Waals surface area contributed by atoms with Crippen LogP contribution < -0.4 is 10.2 Å². The van der Waals surface area contributed by atoms with Gasteiger partial charge < -0.3 is 9.84 Å². The Balaban J connectivity index is 1.62. The quantitative estimate of drug-likeness (QED) is 0.553. The summed E-state index contributed by atoms with van der Waals surface area (Å²) >= 11 is 1.32. The zero-order valence-corrected chi connectivity index (χ0v) is 18.2. The Morgan fingerprint density at radius 3 is 2.44 bits per heavy atom. The molecule has 0 aromatic heterocycles. The smallest absolute Gasteiger partial charge is 0.280 e. The van der Waals surface area contributed by atoms with Crippen LogP contribution in [0.4, 0.5) is 0 Å². The van der Waals surface area contributed by atoms with Crippen LogP contribution in [0.25, 0.3) is 6.08 Å². The zero-order chi connectivity index (χ0) is 22.5. The molecular weight excluding hydrogens is 424 g/mol. The maximum Gasteiger partial charge on any atom is 0.280 e. The van der Waals surface area contributed by atoms with E-state index in [-0.39, 0.29) is 24.0 Å². The average Bonchev–Trinajstić information content (AvgIpc) is 3.11. The summed E-state index contributed by atoms with van der Waals surface area (Å²) in [7, 11) is 1.59. The number of para-hydroxylation sites is 1. The Kier molecular flexibility index (Phi) is 6.47. The van der Waals surface area contributed by atoms with Crippen molar-refractivity contribution in [2.24, 2.45) is 0 Å². The highest BCUT2D eigenvalue weighted by Crippen LogP contribution is 2.45. The lowest BCUT2D eigenvalue weighted by Gasteiger charge is -2.24. The van der Waals surface area contributed by atoms with Crippen LogP contribution in [0.3, 0.4) is 0 Å². The molecule has 7 heteroatoms. The third-order valence-corrected chi connectivity index (χ3v) is 6.23. The van der Waals surface area contributed by atoms with Gasteiger partial charge in [-0.25, -0.2) is 5.01 Å². The van der Waals surface area contributed by atoms with Crippen LogP contribution in [-0.2, 0) is 16.0 Å². The van der Waals surface area contributed by atoms with E-state index in [0.29, 0.717) is 16.2 Å². The third-order valence-electron chi connectivity index (χ3n) is 4.98. The molecular formula is C25H22N2O4S. The Morgan fingerprint density at radius 1 is 1.06 bits per heavy atom. The molecule has 3 aromatic rings. The Morgan fingerprint density at radius 2 is 1.75 bits per heavy atom. The first-order valence-corrected chi connectivity index (χ1v) is 10.9. The highest BCUT2D eigenvalue weighted by Gasteiger charge is 2.38. The topological polar surface area (TPSA) is 78.9 Å². The predicted molar refractivity (Wildman–Crippen MR) is 125 cm³/mol. The summed E-state index contributed by atoms with van der Waals surface area (Å²) in [6.07, 6.45) is 1.80. The Labute approximate surface area is 190 Å². The van der Waals surface area contributed by atoms with Crippen molar-refractivity contribution in [3.63, 3.8) is 0 Å². The fourth-order valence-electron chi connectivity index (χ4n) is 3.35. The molecule has 32 heavy (non-hydrogen) atoms. The van der Waals surface area contributed by atoms with Crippen LogP contribution in [0.2, 0.25) is 0 Å². The van der Waals surface area contributed by atoms with E-state index >= 15 is 0 Å². The van der Waals surface area contributed by atoms with Gasteiger partial charge in [-0.15, -0.1) is 0 Å². The number of rotatable bonds is 6. The van der Waals surface area contributed by atoms with Gasteiger partial charge in [0.2, 0.25) is 5.91 Å². The van der Waals surface area contributed by atoms with Gasteiger partial charge in [0.1, 0.15) is 16.9 Å². The van der Waals surface area contributed by atoms with Crippen molar-refractivity contribution < 1.29 is 19.4 Å². The summed E-state index contributed by atoms with van der Waals surface area (Å²) in [6, 6.07) is 23.5. The summed E-state index contributed by atoms with van der Waals surface area (Å²) < 4.78 is 5.23. The van der Waals surface area contributed by atoms with E-state index in [2.05, 4.69) is 5.43 Å². The van der Waals surface area contributed by atoms with Crippen molar-refractivity contribution in [2.75, 3.05) is 7.11 Å². The number of hydrazine groups is 1. The standard InChI is InChI=1S/C25H22N2O4S/c1-31-20-13-11-18(12-14-20)25-27(26-23(29)15-17-7-3-2-4-8-17)24(30)22(32-25)16-19-9-5-6-10-21(19)28/h2-14,16,25,28H,15H2,1H3,(H,26,29)/b22-16-. The number of nitrogens with zero attached hydrogens (tertiary/aromatic N) is 1. The number of aromatic hydroxyl groups is 1. The Bertz CT molecular complexity index is 1150. The molecule has 0 bridgehead atoms. The van der Waals surface area contributed by atoms with Gasteiger partial charge in [-0.3, -0.25) is 15.0 Å². The number of phenolic OH excluding ortho intramolecular Hbond substituents is 1. The number of phenols is 1. The first-order valence-electron chi connectivity index (χ1n) is 10.0. The molecule has 0 spiro atoms. The van der Waals surface area contributed by atoms with E-state index in [1.165, 1.54) is 16.8 Å². The number of amides is 2. The minimum absolute atomic E-state index is 0.0842. The van der Waals surface area contributed by atoms with Crippen LogP contribution in [0, 0.1) is 0 Å². The molecule has 3 aromatic carbocycles. The van der Waals surface area contributed by atoms with Crippen molar-refractivity contribution in [3.8, 4) is 11.5 Å². The number of carbonyl (C=O) groups excluding carboxylic acids is 2. The number of hydrogen-bond acceptors (Lipinski definition) is 5. The van der Waals surface area contributed by atoms with Gasteiger partial charge in [-0.2, -0.15) is 0 Å². The lowest BCUT2D eigenvalue weighted by molar-refractivity contribution is -0.137. The molecule has 0 aliphatic carbocycles. The van der Waals surface area contributed by atoms with Crippen molar-refractivity contribution >= 4 is 29.7 Å². The van der Waals surface area contributed by atoms with Crippen LogP contribution in [0.15, 0.2) is 83.8 Å². The van der Waals surface area contributed by atoms with Crippen LogP contribution >= 0.6 is 11.8 Å². The molecule has 0 radical (unpaired) electrons. The molecule has 162 valence electrons. The average molecular weight is 447 g/mol. The van der Waals surface area contributed by atoms with Gasteiger partial charge >= 0.3 is 0 Å². The summed E-state index contributed by atoms with van der Waals surface area (Å²) in [4.78, 5) is 26.4. The van der Waals surface area contributed by atoms with Crippen molar-refractivity contribution in [1.82, 2.24) is 10.4 Å². The second kappa shape index (κ2) is 9.62. The molecule has 1 heterocycles. The van der Waals surface area contributed by atoms with E-state index in [1.807, 2.05) is 54.6 Å². The number of benzene rings is 3. The number of ether oxygens (including phenoxy) is 1. The molecule has 1 aliphatic rings. The molecule has 0 saturated carbocycles. The van der Waals surface area contributed by atoms with Crippen molar-refractivity contribution in [2.45, 2.75) is 11.8 Å². The minimum Gasteiger partial charge on any atom is -0.507 e. The lowest BCUT2D eigenvalue weighted by Crippen LogP contribution is -2.44. The number of carbonyl (C=O) groups is 2. The first kappa shape index (κ1) is 21.5. The van der Waals surface area contributed by atoms with E-state index in [4.69, 9.17) is 4.74 Å². The molecule has 1 fully saturated rings. The van der Waals surface area contributed by atoms with Crippen LogP contribution in [0.5, 0.6) is 11.5 Å². The number of methoxy groups -OCH3 is 1. The van der Waals surface area contributed by atoms with Gasteiger partial charge in [0.15, 0.2) is 0 Å². The third kappa shape index (κ3) is 4.78. The second-order valence-corrected chi connectivity index (χ2v) is 8.31. The van der Waals surface area contributed by atoms with Gasteiger partial charge in [0.05, 0.1) is 18.4 Å². The molecule has 1 aliphatic heterocycles. The SMILES string of the molecule is COc1ccc(C2S/C(=C\c3ccccc3O)C(=O)N2NC(=O)Cc2ccccc2)cc1. The molecule has 2 N–H and O–H groups in total. The van der Waals surface area contributed by atoms with E-state index in [0.717, 1.165) is 11.1 Å². The van der Waals surface area contributed by atoms with E-state index in [9.17, 15) is 14.7 Å². The number of nitrogens with one attached hydrogen (secondary N) is 1. The fourth-order valence-corrected chi connectivity index (χ4v) is 4.53. The highest BCUT2D eigenvalue weighted by molar-refractivity contribution is 8.04. The molecule has 6 nitrogen and oxygen atoms in total. The maximum atomic E-state index is 13.2. The summed E-state index contributed by atoms with van der Waals surface area (Å²) in [5.41, 5.74) is 5.01. The zero-order valence-electron chi connectivity index (χ0n) is 17.4. The normalized spacial score (nSPS) is 16.9. The second-order valence-electron chi connectivity index (χ2n) is 7.18. The highest BCUT2D eigenvalue weighted by atomic mass is 32.2. The van der Waals surface area contributed by atoms with Gasteiger partial charge in [-0.1, -0.05) is 72.4 Å². The molecule has 4 rings (SSSR count). The predicted octanol–water partition coefficient (Wildman–Crippen LogP) is 4.29. The number of hydrogen-bond donors (Lipinski definition) is 2.